The van der Waals surface area contributed by atoms with E-state index in [1.54, 1.807) is 24.3 Å². The molecule has 0 fully saturated rings. The predicted octanol–water partition coefficient (Wildman–Crippen LogP) is 3.78. The Morgan fingerprint density at radius 1 is 1.00 bits per heavy atom. The molecule has 0 saturated heterocycles. The Balaban J connectivity index is 1.81. The third-order valence-electron chi connectivity index (χ3n) is 2.93. The van der Waals surface area contributed by atoms with Gasteiger partial charge in [-0.2, -0.15) is 0 Å². The Bertz CT molecular complexity index is 721. The van der Waals surface area contributed by atoms with Crippen molar-refractivity contribution in [2.75, 3.05) is 5.32 Å². The standard InChI is InChI=1S/C16H13Cl2FN2O2/c17-11-3-1-10(2-4-11)9-20-15(22)8-16(23)21-12-5-6-14(19)13(18)7-12/h1-7H,8-9H2,(H,20,22)(H,21,23). The molecule has 2 aromatic rings. The number of halogens is 3. The maximum Gasteiger partial charge on any atom is 0.233 e. The van der Waals surface area contributed by atoms with Crippen molar-refractivity contribution in [1.29, 1.82) is 0 Å². The van der Waals surface area contributed by atoms with Crippen LogP contribution in [0.4, 0.5) is 10.1 Å². The lowest BCUT2D eigenvalue weighted by molar-refractivity contribution is -0.126. The summed E-state index contributed by atoms with van der Waals surface area (Å²) in [7, 11) is 0. The van der Waals surface area contributed by atoms with E-state index in [2.05, 4.69) is 10.6 Å². The van der Waals surface area contributed by atoms with E-state index in [0.29, 0.717) is 17.3 Å². The second-order valence-corrected chi connectivity index (χ2v) is 5.60. The SMILES string of the molecule is O=C(CC(=O)Nc1ccc(F)c(Cl)c1)NCc1ccc(Cl)cc1. The van der Waals surface area contributed by atoms with Crippen LogP contribution in [-0.2, 0) is 16.1 Å². The average Bonchev–Trinajstić information content (AvgIpc) is 2.50. The maximum absolute atomic E-state index is 13.0. The highest BCUT2D eigenvalue weighted by Gasteiger charge is 2.10. The number of carbonyl (C=O) groups is 2. The van der Waals surface area contributed by atoms with Crippen molar-refractivity contribution >= 4 is 40.7 Å². The van der Waals surface area contributed by atoms with Crippen molar-refractivity contribution in [3.63, 3.8) is 0 Å². The smallest absolute Gasteiger partial charge is 0.233 e. The summed E-state index contributed by atoms with van der Waals surface area (Å²) >= 11 is 11.4. The quantitative estimate of drug-likeness (QED) is 0.802. The van der Waals surface area contributed by atoms with Gasteiger partial charge in [-0.3, -0.25) is 9.59 Å². The highest BCUT2D eigenvalue weighted by molar-refractivity contribution is 6.31. The number of anilines is 1. The van der Waals surface area contributed by atoms with Gasteiger partial charge in [0.25, 0.3) is 0 Å². The molecule has 0 bridgehead atoms. The molecule has 0 aromatic heterocycles. The molecule has 2 aromatic carbocycles. The summed E-state index contributed by atoms with van der Waals surface area (Å²) in [6, 6.07) is 10.8. The molecule has 0 saturated carbocycles. The van der Waals surface area contributed by atoms with E-state index in [-0.39, 0.29) is 11.4 Å². The van der Waals surface area contributed by atoms with Crippen molar-refractivity contribution in [3.05, 3.63) is 63.9 Å². The summed E-state index contributed by atoms with van der Waals surface area (Å²) in [5.74, 6) is -1.52. The molecule has 120 valence electrons. The number of rotatable bonds is 5. The van der Waals surface area contributed by atoms with E-state index in [9.17, 15) is 14.0 Å². The van der Waals surface area contributed by atoms with Crippen LogP contribution >= 0.6 is 23.2 Å². The fourth-order valence-electron chi connectivity index (χ4n) is 1.79. The Hall–Kier alpha value is -2.11. The molecule has 0 spiro atoms. The number of carbonyl (C=O) groups excluding carboxylic acids is 2. The molecule has 2 amide bonds. The number of hydrogen-bond acceptors (Lipinski definition) is 2. The van der Waals surface area contributed by atoms with Gasteiger partial charge in [-0.1, -0.05) is 35.3 Å². The minimum atomic E-state index is -0.578. The van der Waals surface area contributed by atoms with Crippen molar-refractivity contribution in [2.45, 2.75) is 13.0 Å². The van der Waals surface area contributed by atoms with Gasteiger partial charge in [-0.25, -0.2) is 4.39 Å². The zero-order valence-electron chi connectivity index (χ0n) is 11.9. The molecule has 2 rings (SSSR count). The van der Waals surface area contributed by atoms with Crippen LogP contribution in [0.1, 0.15) is 12.0 Å². The molecule has 0 atom stereocenters. The van der Waals surface area contributed by atoms with Gasteiger partial charge in [-0.05, 0) is 35.9 Å². The number of nitrogens with one attached hydrogen (secondary N) is 2. The van der Waals surface area contributed by atoms with Crippen LogP contribution < -0.4 is 10.6 Å². The van der Waals surface area contributed by atoms with Gasteiger partial charge < -0.3 is 10.6 Å². The number of benzene rings is 2. The van der Waals surface area contributed by atoms with Gasteiger partial charge in [0.2, 0.25) is 11.8 Å². The Morgan fingerprint density at radius 3 is 2.35 bits per heavy atom. The average molecular weight is 355 g/mol. The molecule has 0 unspecified atom stereocenters. The molecular formula is C16H13Cl2FN2O2. The monoisotopic (exact) mass is 354 g/mol. The van der Waals surface area contributed by atoms with E-state index >= 15 is 0 Å². The summed E-state index contributed by atoms with van der Waals surface area (Å²) in [4.78, 5) is 23.5. The second-order valence-electron chi connectivity index (χ2n) is 4.76. The minimum Gasteiger partial charge on any atom is -0.352 e. The summed E-state index contributed by atoms with van der Waals surface area (Å²) in [5.41, 5.74) is 1.19. The van der Waals surface area contributed by atoms with Crippen molar-refractivity contribution in [2.24, 2.45) is 0 Å². The molecule has 0 radical (unpaired) electrons. The van der Waals surface area contributed by atoms with Crippen LogP contribution in [0, 0.1) is 5.82 Å². The first-order chi connectivity index (χ1) is 10.9. The first-order valence-corrected chi connectivity index (χ1v) is 7.45. The maximum atomic E-state index is 13.0. The normalized spacial score (nSPS) is 10.2. The zero-order chi connectivity index (χ0) is 16.8. The van der Waals surface area contributed by atoms with Crippen molar-refractivity contribution in [1.82, 2.24) is 5.32 Å². The molecule has 0 heterocycles. The third kappa shape index (κ3) is 5.54. The molecule has 2 N–H and O–H groups in total. The fraction of sp³-hybridized carbons (Fsp3) is 0.125. The molecule has 7 heteroatoms. The van der Waals surface area contributed by atoms with Crippen LogP contribution in [-0.4, -0.2) is 11.8 Å². The Morgan fingerprint density at radius 2 is 1.70 bits per heavy atom. The molecular weight excluding hydrogens is 342 g/mol. The molecule has 0 aliphatic rings. The topological polar surface area (TPSA) is 58.2 Å². The van der Waals surface area contributed by atoms with E-state index in [0.717, 1.165) is 11.6 Å². The number of amides is 2. The van der Waals surface area contributed by atoms with Gasteiger partial charge in [0.1, 0.15) is 12.2 Å². The van der Waals surface area contributed by atoms with Crippen LogP contribution in [0.25, 0.3) is 0 Å². The highest BCUT2D eigenvalue weighted by Crippen LogP contribution is 2.19. The summed E-state index contributed by atoms with van der Waals surface area (Å²) in [6.45, 7) is 0.297. The first kappa shape index (κ1) is 17.2. The largest absolute Gasteiger partial charge is 0.352 e. The van der Waals surface area contributed by atoms with Gasteiger partial charge in [-0.15, -0.1) is 0 Å². The molecule has 23 heavy (non-hydrogen) atoms. The van der Waals surface area contributed by atoms with Gasteiger partial charge >= 0.3 is 0 Å². The third-order valence-corrected chi connectivity index (χ3v) is 3.47. The van der Waals surface area contributed by atoms with Crippen molar-refractivity contribution < 1.29 is 14.0 Å². The predicted molar refractivity (Wildman–Crippen MR) is 88.0 cm³/mol. The Labute approximate surface area is 142 Å². The lowest BCUT2D eigenvalue weighted by atomic mass is 10.2. The zero-order valence-corrected chi connectivity index (χ0v) is 13.4. The molecule has 4 nitrogen and oxygen atoms in total. The fourth-order valence-corrected chi connectivity index (χ4v) is 2.10. The first-order valence-electron chi connectivity index (χ1n) is 6.70. The van der Waals surface area contributed by atoms with Crippen LogP contribution in [0.3, 0.4) is 0 Å². The van der Waals surface area contributed by atoms with Crippen LogP contribution in [0.15, 0.2) is 42.5 Å². The van der Waals surface area contributed by atoms with Crippen LogP contribution in [0.2, 0.25) is 10.0 Å². The van der Waals surface area contributed by atoms with Gasteiger partial charge in [0, 0.05) is 17.3 Å². The molecule has 0 aliphatic carbocycles. The van der Waals surface area contributed by atoms with E-state index in [1.165, 1.54) is 12.1 Å². The van der Waals surface area contributed by atoms with Crippen molar-refractivity contribution in [3.8, 4) is 0 Å². The van der Waals surface area contributed by atoms with Crippen LogP contribution in [0.5, 0.6) is 0 Å². The van der Waals surface area contributed by atoms with E-state index in [1.807, 2.05) is 0 Å². The van der Waals surface area contributed by atoms with Gasteiger partial charge in [0.15, 0.2) is 0 Å². The number of hydrogen-bond donors (Lipinski definition) is 2. The summed E-state index contributed by atoms with van der Waals surface area (Å²) < 4.78 is 13.0. The highest BCUT2D eigenvalue weighted by atomic mass is 35.5. The Kier molecular flexibility index (Phi) is 5.96. The van der Waals surface area contributed by atoms with E-state index < -0.39 is 17.6 Å². The second kappa shape index (κ2) is 7.94. The molecule has 0 aliphatic heterocycles. The summed E-state index contributed by atoms with van der Waals surface area (Å²) in [5, 5.41) is 5.61. The minimum absolute atomic E-state index is 0.102. The van der Waals surface area contributed by atoms with E-state index in [4.69, 9.17) is 23.2 Å². The summed E-state index contributed by atoms with van der Waals surface area (Å²) in [6.07, 6.45) is -0.345. The lowest BCUT2D eigenvalue weighted by Crippen LogP contribution is -2.27. The lowest BCUT2D eigenvalue weighted by Gasteiger charge is -2.07. The van der Waals surface area contributed by atoms with Gasteiger partial charge in [0.05, 0.1) is 5.02 Å².